The van der Waals surface area contributed by atoms with Crippen LogP contribution in [0.2, 0.25) is 0 Å². The van der Waals surface area contributed by atoms with E-state index in [1.165, 1.54) is 16.4 Å². The highest BCUT2D eigenvalue weighted by Crippen LogP contribution is 2.25. The molecule has 30 heavy (non-hydrogen) atoms. The zero-order valence-electron chi connectivity index (χ0n) is 16.4. The fourth-order valence-electron chi connectivity index (χ4n) is 3.47. The molecule has 2 aromatic heterocycles. The molecular formula is C20H22N6O3S. The molecule has 2 N–H and O–H groups in total. The summed E-state index contributed by atoms with van der Waals surface area (Å²) < 4.78 is 27.6. The van der Waals surface area contributed by atoms with Gasteiger partial charge in [-0.2, -0.15) is 9.29 Å². The van der Waals surface area contributed by atoms with Crippen LogP contribution in [0.3, 0.4) is 0 Å². The topological polar surface area (TPSA) is 121 Å². The summed E-state index contributed by atoms with van der Waals surface area (Å²) in [6.07, 6.45) is 4.33. The van der Waals surface area contributed by atoms with Crippen LogP contribution in [0.1, 0.15) is 36.5 Å². The van der Waals surface area contributed by atoms with E-state index in [2.05, 4.69) is 25.5 Å². The van der Waals surface area contributed by atoms with E-state index in [0.717, 1.165) is 19.3 Å². The molecule has 1 unspecified atom stereocenters. The number of carbonyl (C=O) groups is 1. The summed E-state index contributed by atoms with van der Waals surface area (Å²) in [5.41, 5.74) is 0.805. The predicted octanol–water partition coefficient (Wildman–Crippen LogP) is 2.68. The monoisotopic (exact) mass is 426 g/mol. The van der Waals surface area contributed by atoms with Gasteiger partial charge in [0.05, 0.1) is 4.90 Å². The van der Waals surface area contributed by atoms with E-state index >= 15 is 0 Å². The number of carbonyl (C=O) groups excluding carboxylic acids is 1. The van der Waals surface area contributed by atoms with Crippen molar-refractivity contribution in [2.24, 2.45) is 0 Å². The van der Waals surface area contributed by atoms with Gasteiger partial charge in [-0.3, -0.25) is 20.2 Å². The van der Waals surface area contributed by atoms with E-state index in [-0.39, 0.29) is 22.4 Å². The molecular weight excluding hydrogens is 404 g/mol. The van der Waals surface area contributed by atoms with Gasteiger partial charge in [0.25, 0.3) is 5.91 Å². The molecule has 0 bridgehead atoms. The minimum absolute atomic E-state index is 0.0560. The molecule has 9 nitrogen and oxygen atoms in total. The molecule has 0 saturated carbocycles. The van der Waals surface area contributed by atoms with Crippen LogP contribution in [0.4, 0.5) is 5.95 Å². The number of aromatic amines is 1. The van der Waals surface area contributed by atoms with Gasteiger partial charge in [-0.25, -0.2) is 8.42 Å². The Morgan fingerprint density at radius 2 is 2.07 bits per heavy atom. The SMILES string of the molecule is CC1CCCCN1S(=O)(=O)c1cccc(C(=O)Nc2n[nH]c(-c3ccccn3)n2)c1. The average Bonchev–Trinajstić information content (AvgIpc) is 3.23. The van der Waals surface area contributed by atoms with Crippen LogP contribution in [0.15, 0.2) is 53.6 Å². The predicted molar refractivity (Wildman–Crippen MR) is 111 cm³/mol. The molecule has 0 aliphatic carbocycles. The molecule has 156 valence electrons. The number of nitrogens with one attached hydrogen (secondary N) is 2. The van der Waals surface area contributed by atoms with Crippen molar-refractivity contribution in [2.75, 3.05) is 11.9 Å². The van der Waals surface area contributed by atoms with E-state index in [1.807, 2.05) is 13.0 Å². The Hall–Kier alpha value is -3.11. The Bertz CT molecular complexity index is 1150. The smallest absolute Gasteiger partial charge is 0.258 e. The Morgan fingerprint density at radius 1 is 1.20 bits per heavy atom. The van der Waals surface area contributed by atoms with Crippen molar-refractivity contribution in [2.45, 2.75) is 37.1 Å². The number of aromatic nitrogens is 4. The molecule has 0 spiro atoms. The van der Waals surface area contributed by atoms with Gasteiger partial charge in [0.15, 0.2) is 5.82 Å². The molecule has 1 amide bonds. The van der Waals surface area contributed by atoms with Crippen molar-refractivity contribution in [3.05, 3.63) is 54.2 Å². The Morgan fingerprint density at radius 3 is 2.83 bits per heavy atom. The van der Waals surface area contributed by atoms with E-state index < -0.39 is 15.9 Å². The third-order valence-electron chi connectivity index (χ3n) is 5.06. The summed E-state index contributed by atoms with van der Waals surface area (Å²) in [5, 5.41) is 9.29. The zero-order valence-corrected chi connectivity index (χ0v) is 17.3. The third kappa shape index (κ3) is 4.10. The van der Waals surface area contributed by atoms with Crippen LogP contribution < -0.4 is 5.32 Å². The molecule has 10 heteroatoms. The standard InChI is InChI=1S/C20H22N6O3S/c1-14-7-3-5-12-26(14)30(28,29)16-9-6-8-15(13-16)19(27)23-20-22-18(24-25-20)17-10-2-4-11-21-17/h2,4,6,8-11,13-14H,3,5,7,12H2,1H3,(H2,22,23,24,25,27). The number of hydrogen-bond donors (Lipinski definition) is 2. The lowest BCUT2D eigenvalue weighted by atomic mass is 10.1. The van der Waals surface area contributed by atoms with Crippen LogP contribution in [0.5, 0.6) is 0 Å². The number of rotatable bonds is 5. The van der Waals surface area contributed by atoms with Crippen LogP contribution in [-0.4, -0.2) is 51.4 Å². The maximum absolute atomic E-state index is 13.0. The van der Waals surface area contributed by atoms with Crippen molar-refractivity contribution in [3.63, 3.8) is 0 Å². The van der Waals surface area contributed by atoms with Crippen molar-refractivity contribution < 1.29 is 13.2 Å². The number of hydrogen-bond acceptors (Lipinski definition) is 6. The summed E-state index contributed by atoms with van der Waals surface area (Å²) >= 11 is 0. The first kappa shape index (κ1) is 20.2. The molecule has 1 saturated heterocycles. The number of sulfonamides is 1. The van der Waals surface area contributed by atoms with Gasteiger partial charge in [0, 0.05) is 24.3 Å². The van der Waals surface area contributed by atoms with E-state index in [4.69, 9.17) is 0 Å². The van der Waals surface area contributed by atoms with Gasteiger partial charge < -0.3 is 0 Å². The first-order chi connectivity index (χ1) is 14.4. The van der Waals surface area contributed by atoms with Gasteiger partial charge in [-0.1, -0.05) is 18.6 Å². The van der Waals surface area contributed by atoms with Gasteiger partial charge in [0.2, 0.25) is 16.0 Å². The Balaban J connectivity index is 1.53. The summed E-state index contributed by atoms with van der Waals surface area (Å²) in [4.78, 5) is 21.1. The largest absolute Gasteiger partial charge is 0.289 e. The number of anilines is 1. The van der Waals surface area contributed by atoms with Crippen molar-refractivity contribution in [1.82, 2.24) is 24.5 Å². The van der Waals surface area contributed by atoms with Crippen LogP contribution in [0.25, 0.3) is 11.5 Å². The number of piperidine rings is 1. The molecule has 1 aliphatic heterocycles. The Kier molecular flexibility index (Phi) is 5.60. The quantitative estimate of drug-likeness (QED) is 0.647. The molecule has 4 rings (SSSR count). The Labute approximate surface area is 174 Å². The zero-order chi connectivity index (χ0) is 21.1. The maximum Gasteiger partial charge on any atom is 0.258 e. The van der Waals surface area contributed by atoms with Gasteiger partial charge in [-0.05, 0) is 50.1 Å². The van der Waals surface area contributed by atoms with E-state index in [1.54, 1.807) is 30.5 Å². The lowest BCUT2D eigenvalue weighted by Gasteiger charge is -2.32. The minimum atomic E-state index is -3.66. The second-order valence-corrected chi connectivity index (χ2v) is 9.06. The lowest BCUT2D eigenvalue weighted by molar-refractivity contribution is 0.102. The van der Waals surface area contributed by atoms with Gasteiger partial charge in [0.1, 0.15) is 5.69 Å². The summed E-state index contributed by atoms with van der Waals surface area (Å²) in [7, 11) is -3.66. The molecule has 1 aliphatic rings. The van der Waals surface area contributed by atoms with E-state index in [0.29, 0.717) is 18.1 Å². The summed E-state index contributed by atoms with van der Waals surface area (Å²) in [6.45, 7) is 2.41. The summed E-state index contributed by atoms with van der Waals surface area (Å²) in [5.74, 6) is 0.00481. The van der Waals surface area contributed by atoms with Crippen LogP contribution >= 0.6 is 0 Å². The van der Waals surface area contributed by atoms with E-state index in [9.17, 15) is 13.2 Å². The number of pyridine rings is 1. The molecule has 1 fully saturated rings. The fraction of sp³-hybridized carbons (Fsp3) is 0.300. The maximum atomic E-state index is 13.0. The normalized spacial score (nSPS) is 17.6. The van der Waals surface area contributed by atoms with Crippen molar-refractivity contribution >= 4 is 21.9 Å². The van der Waals surface area contributed by atoms with Gasteiger partial charge in [-0.15, -0.1) is 5.10 Å². The number of nitrogens with zero attached hydrogens (tertiary/aromatic N) is 4. The highest BCUT2D eigenvalue weighted by atomic mass is 32.2. The number of benzene rings is 1. The molecule has 1 atom stereocenters. The van der Waals surface area contributed by atoms with Crippen LogP contribution in [-0.2, 0) is 10.0 Å². The molecule has 1 aromatic carbocycles. The number of H-pyrrole nitrogens is 1. The second kappa shape index (κ2) is 8.33. The second-order valence-electron chi connectivity index (χ2n) is 7.17. The first-order valence-corrected chi connectivity index (χ1v) is 11.2. The lowest BCUT2D eigenvalue weighted by Crippen LogP contribution is -2.41. The highest BCUT2D eigenvalue weighted by Gasteiger charge is 2.31. The molecule has 3 aromatic rings. The third-order valence-corrected chi connectivity index (χ3v) is 7.07. The van der Waals surface area contributed by atoms with Crippen molar-refractivity contribution in [3.8, 4) is 11.5 Å². The average molecular weight is 427 g/mol. The molecule has 3 heterocycles. The number of amides is 1. The molecule has 0 radical (unpaired) electrons. The minimum Gasteiger partial charge on any atom is -0.289 e. The van der Waals surface area contributed by atoms with Crippen LogP contribution in [0, 0.1) is 0 Å². The van der Waals surface area contributed by atoms with Crippen molar-refractivity contribution in [1.29, 1.82) is 0 Å². The highest BCUT2D eigenvalue weighted by molar-refractivity contribution is 7.89. The summed E-state index contributed by atoms with van der Waals surface area (Å²) in [6, 6.07) is 11.3. The first-order valence-electron chi connectivity index (χ1n) is 9.72. The van der Waals surface area contributed by atoms with Gasteiger partial charge >= 0.3 is 0 Å². The fourth-order valence-corrected chi connectivity index (χ4v) is 5.22.